The number of carboxylic acid groups (broad SMARTS) is 1. The van der Waals surface area contributed by atoms with Crippen LogP contribution in [0.15, 0.2) is 17.1 Å². The largest absolute Gasteiger partial charge is 0.477 e. The molecule has 1 aliphatic carbocycles. The molecule has 0 radical (unpaired) electrons. The second-order valence-electron chi connectivity index (χ2n) is 7.22. The van der Waals surface area contributed by atoms with Gasteiger partial charge in [-0.2, -0.15) is 0 Å². The first-order valence-corrected chi connectivity index (χ1v) is 8.70. The molecular weight excluding hydrogens is 363 g/mol. The number of aromatic nitrogens is 1. The summed E-state index contributed by atoms with van der Waals surface area (Å²) in [7, 11) is 0. The summed E-state index contributed by atoms with van der Waals surface area (Å²) in [4.78, 5) is 25.1. The molecule has 6 nitrogen and oxygen atoms in total. The lowest BCUT2D eigenvalue weighted by Crippen LogP contribution is -2.30. The summed E-state index contributed by atoms with van der Waals surface area (Å²) in [6, 6.07) is 0.179. The minimum Gasteiger partial charge on any atom is -0.477 e. The van der Waals surface area contributed by atoms with E-state index in [0.717, 1.165) is 12.3 Å². The van der Waals surface area contributed by atoms with Crippen molar-refractivity contribution in [2.24, 2.45) is 11.7 Å². The fourth-order valence-electron chi connectivity index (χ4n) is 3.76. The SMILES string of the molecule is NC1CN(c2c(F)cc3c(=O)c(C(=O)O)cn(C4CC4)c3c2F)CC1CF. The Labute approximate surface area is 152 Å². The van der Waals surface area contributed by atoms with Gasteiger partial charge in [0.25, 0.3) is 0 Å². The number of nitrogens with two attached hydrogens (primary N) is 1. The molecule has 1 saturated heterocycles. The fourth-order valence-corrected chi connectivity index (χ4v) is 3.76. The molecule has 2 heterocycles. The summed E-state index contributed by atoms with van der Waals surface area (Å²) < 4.78 is 44.6. The number of fused-ring (bicyclic) bond motifs is 1. The molecule has 3 N–H and O–H groups in total. The number of halogens is 3. The molecule has 144 valence electrons. The minimum atomic E-state index is -1.45. The summed E-state index contributed by atoms with van der Waals surface area (Å²) in [5.74, 6) is -3.91. The van der Waals surface area contributed by atoms with Gasteiger partial charge in [-0.05, 0) is 18.9 Å². The smallest absolute Gasteiger partial charge is 0.341 e. The van der Waals surface area contributed by atoms with Gasteiger partial charge in [0.15, 0.2) is 5.82 Å². The van der Waals surface area contributed by atoms with Crippen LogP contribution in [0.4, 0.5) is 18.9 Å². The molecule has 1 saturated carbocycles. The third-order valence-electron chi connectivity index (χ3n) is 5.36. The van der Waals surface area contributed by atoms with Gasteiger partial charge in [0.1, 0.15) is 17.1 Å². The Morgan fingerprint density at radius 1 is 1.30 bits per heavy atom. The highest BCUT2D eigenvalue weighted by Crippen LogP contribution is 2.40. The van der Waals surface area contributed by atoms with E-state index in [-0.39, 0.29) is 35.7 Å². The number of hydrogen-bond donors (Lipinski definition) is 2. The number of nitrogens with zero attached hydrogens (tertiary/aromatic N) is 2. The van der Waals surface area contributed by atoms with Crippen molar-refractivity contribution in [2.75, 3.05) is 24.7 Å². The van der Waals surface area contributed by atoms with Crippen molar-refractivity contribution in [3.8, 4) is 0 Å². The van der Waals surface area contributed by atoms with E-state index in [0.29, 0.717) is 12.8 Å². The molecule has 4 rings (SSSR count). The number of benzene rings is 1. The van der Waals surface area contributed by atoms with Gasteiger partial charge >= 0.3 is 5.97 Å². The number of carboxylic acids is 1. The Hall–Kier alpha value is -2.55. The van der Waals surface area contributed by atoms with Crippen LogP contribution in [0.3, 0.4) is 0 Å². The molecule has 0 bridgehead atoms. The van der Waals surface area contributed by atoms with Crippen molar-refractivity contribution in [2.45, 2.75) is 24.9 Å². The lowest BCUT2D eigenvalue weighted by Gasteiger charge is -2.22. The standard InChI is InChI=1S/C18H18F3N3O3/c19-4-8-5-23(7-13(8)22)16-12(20)3-10-15(14(16)21)24(9-1-2-9)6-11(17(10)25)18(26)27/h3,6,8-9,13H,1-2,4-5,7,22H2,(H,26,27). The van der Waals surface area contributed by atoms with E-state index in [4.69, 9.17) is 5.73 Å². The summed E-state index contributed by atoms with van der Waals surface area (Å²) in [6.45, 7) is -0.532. The molecule has 2 unspecified atom stereocenters. The number of carbonyl (C=O) groups is 1. The van der Waals surface area contributed by atoms with Gasteiger partial charge in [-0.1, -0.05) is 0 Å². The molecule has 2 aliphatic rings. The molecule has 1 aromatic heterocycles. The summed E-state index contributed by atoms with van der Waals surface area (Å²) in [6.07, 6.45) is 2.54. The second-order valence-corrected chi connectivity index (χ2v) is 7.22. The molecule has 27 heavy (non-hydrogen) atoms. The number of anilines is 1. The van der Waals surface area contributed by atoms with Crippen LogP contribution < -0.4 is 16.1 Å². The maximum atomic E-state index is 15.4. The van der Waals surface area contributed by atoms with Crippen LogP contribution >= 0.6 is 0 Å². The third kappa shape index (κ3) is 2.77. The van der Waals surface area contributed by atoms with E-state index in [1.165, 1.54) is 9.47 Å². The summed E-state index contributed by atoms with van der Waals surface area (Å²) >= 11 is 0. The monoisotopic (exact) mass is 381 g/mol. The third-order valence-corrected chi connectivity index (χ3v) is 5.36. The lowest BCUT2D eigenvalue weighted by molar-refractivity contribution is 0.0694. The van der Waals surface area contributed by atoms with E-state index < -0.39 is 47.2 Å². The van der Waals surface area contributed by atoms with Crippen LogP contribution in [0.1, 0.15) is 29.2 Å². The van der Waals surface area contributed by atoms with Gasteiger partial charge < -0.3 is 20.3 Å². The highest BCUT2D eigenvalue weighted by Gasteiger charge is 2.35. The van der Waals surface area contributed by atoms with Crippen molar-refractivity contribution in [3.05, 3.63) is 39.7 Å². The topological polar surface area (TPSA) is 88.6 Å². The van der Waals surface area contributed by atoms with Crippen LogP contribution in [0.25, 0.3) is 10.9 Å². The zero-order valence-corrected chi connectivity index (χ0v) is 14.3. The summed E-state index contributed by atoms with van der Waals surface area (Å²) in [5.41, 5.74) is 3.91. The van der Waals surface area contributed by atoms with Crippen LogP contribution in [0, 0.1) is 17.6 Å². The Kier molecular flexibility index (Phi) is 4.14. The van der Waals surface area contributed by atoms with Crippen molar-refractivity contribution >= 4 is 22.6 Å². The Morgan fingerprint density at radius 2 is 2.00 bits per heavy atom. The minimum absolute atomic E-state index is 0.0673. The first-order valence-electron chi connectivity index (χ1n) is 8.70. The number of aromatic carboxylic acids is 1. The second kappa shape index (κ2) is 6.26. The molecule has 1 aliphatic heterocycles. The van der Waals surface area contributed by atoms with Crippen LogP contribution in [-0.4, -0.2) is 41.4 Å². The van der Waals surface area contributed by atoms with Gasteiger partial charge in [0.2, 0.25) is 5.43 Å². The fraction of sp³-hybridized carbons (Fsp3) is 0.444. The highest BCUT2D eigenvalue weighted by atomic mass is 19.1. The number of pyridine rings is 1. The Balaban J connectivity index is 1.96. The van der Waals surface area contributed by atoms with Gasteiger partial charge in [0.05, 0.1) is 17.6 Å². The molecule has 0 amide bonds. The molecule has 2 fully saturated rings. The van der Waals surface area contributed by atoms with Crippen LogP contribution in [0.5, 0.6) is 0 Å². The molecular formula is C18H18F3N3O3. The zero-order valence-electron chi connectivity index (χ0n) is 14.3. The predicted octanol–water partition coefficient (Wildman–Crippen LogP) is 2.05. The van der Waals surface area contributed by atoms with E-state index in [1.54, 1.807) is 0 Å². The van der Waals surface area contributed by atoms with Crippen molar-refractivity contribution in [1.29, 1.82) is 0 Å². The number of hydrogen-bond acceptors (Lipinski definition) is 4. The quantitative estimate of drug-likeness (QED) is 0.846. The van der Waals surface area contributed by atoms with Crippen molar-refractivity contribution in [1.82, 2.24) is 4.57 Å². The molecule has 2 aromatic rings. The zero-order chi connectivity index (χ0) is 19.5. The first kappa shape index (κ1) is 17.8. The van der Waals surface area contributed by atoms with Gasteiger partial charge in [0, 0.05) is 37.3 Å². The van der Waals surface area contributed by atoms with Gasteiger partial charge in [-0.25, -0.2) is 13.6 Å². The number of rotatable bonds is 4. The van der Waals surface area contributed by atoms with Crippen LogP contribution in [0.2, 0.25) is 0 Å². The lowest BCUT2D eigenvalue weighted by atomic mass is 10.1. The highest BCUT2D eigenvalue weighted by molar-refractivity contribution is 5.94. The molecule has 1 aromatic carbocycles. The Morgan fingerprint density at radius 3 is 2.56 bits per heavy atom. The summed E-state index contributed by atoms with van der Waals surface area (Å²) in [5, 5.41) is 8.93. The average molecular weight is 381 g/mol. The van der Waals surface area contributed by atoms with Crippen molar-refractivity contribution in [3.63, 3.8) is 0 Å². The molecule has 2 atom stereocenters. The normalized spacial score (nSPS) is 22.6. The Bertz CT molecular complexity index is 1000. The van der Waals surface area contributed by atoms with E-state index in [2.05, 4.69) is 0 Å². The van der Waals surface area contributed by atoms with E-state index in [1.807, 2.05) is 0 Å². The van der Waals surface area contributed by atoms with Gasteiger partial charge in [-0.3, -0.25) is 9.18 Å². The van der Waals surface area contributed by atoms with Gasteiger partial charge in [-0.15, -0.1) is 0 Å². The molecule has 9 heteroatoms. The average Bonchev–Trinajstić information content (AvgIpc) is 3.38. The van der Waals surface area contributed by atoms with Crippen molar-refractivity contribution < 1.29 is 23.1 Å². The first-order chi connectivity index (χ1) is 12.8. The number of alkyl halides is 1. The van der Waals surface area contributed by atoms with E-state index in [9.17, 15) is 23.5 Å². The van der Waals surface area contributed by atoms with E-state index >= 15 is 4.39 Å². The maximum Gasteiger partial charge on any atom is 0.341 e. The maximum absolute atomic E-state index is 15.4. The van der Waals surface area contributed by atoms with Crippen LogP contribution in [-0.2, 0) is 0 Å². The predicted molar refractivity (Wildman–Crippen MR) is 93.0 cm³/mol. The molecule has 0 spiro atoms.